The van der Waals surface area contributed by atoms with Crippen LogP contribution in [0, 0.1) is 17.0 Å². The van der Waals surface area contributed by atoms with E-state index in [2.05, 4.69) is 15.9 Å². The van der Waals surface area contributed by atoms with E-state index in [1.54, 1.807) is 6.07 Å². The van der Waals surface area contributed by atoms with E-state index in [-0.39, 0.29) is 5.69 Å². The molecule has 0 aliphatic rings. The standard InChI is InChI=1S/C14H13BrN2O3/c1-9-2-3-10(8-16)6-13(9)20-14-7-11(17(18)19)4-5-12(14)15/h2-7H,8,16H2,1H3. The lowest BCUT2D eigenvalue weighted by molar-refractivity contribution is -0.384. The van der Waals surface area contributed by atoms with E-state index in [0.29, 0.717) is 22.5 Å². The van der Waals surface area contributed by atoms with E-state index in [1.165, 1.54) is 12.1 Å². The normalized spacial score (nSPS) is 10.3. The molecular weight excluding hydrogens is 324 g/mol. The van der Waals surface area contributed by atoms with Crippen molar-refractivity contribution in [1.29, 1.82) is 0 Å². The maximum absolute atomic E-state index is 10.8. The number of non-ortho nitro benzene ring substituents is 1. The highest BCUT2D eigenvalue weighted by Crippen LogP contribution is 2.34. The minimum Gasteiger partial charge on any atom is -0.456 e. The highest BCUT2D eigenvalue weighted by Gasteiger charge is 2.12. The summed E-state index contributed by atoms with van der Waals surface area (Å²) in [5.41, 5.74) is 7.45. The second kappa shape index (κ2) is 6.02. The summed E-state index contributed by atoms with van der Waals surface area (Å²) in [7, 11) is 0. The number of rotatable bonds is 4. The minimum atomic E-state index is -0.456. The van der Waals surface area contributed by atoms with Crippen LogP contribution in [0.2, 0.25) is 0 Å². The molecule has 0 spiro atoms. The molecule has 0 atom stereocenters. The van der Waals surface area contributed by atoms with Gasteiger partial charge in [-0.05, 0) is 46.1 Å². The number of hydrogen-bond acceptors (Lipinski definition) is 4. The third kappa shape index (κ3) is 3.15. The van der Waals surface area contributed by atoms with Crippen LogP contribution in [-0.2, 0) is 6.54 Å². The van der Waals surface area contributed by atoms with Crippen LogP contribution in [0.5, 0.6) is 11.5 Å². The first-order chi connectivity index (χ1) is 9.51. The Hall–Kier alpha value is -1.92. The molecule has 20 heavy (non-hydrogen) atoms. The van der Waals surface area contributed by atoms with Crippen LogP contribution in [0.4, 0.5) is 5.69 Å². The largest absolute Gasteiger partial charge is 0.456 e. The number of benzene rings is 2. The lowest BCUT2D eigenvalue weighted by Crippen LogP contribution is -1.98. The maximum atomic E-state index is 10.8. The highest BCUT2D eigenvalue weighted by molar-refractivity contribution is 9.10. The van der Waals surface area contributed by atoms with Gasteiger partial charge in [-0.1, -0.05) is 12.1 Å². The summed E-state index contributed by atoms with van der Waals surface area (Å²) in [5, 5.41) is 10.8. The molecule has 0 fully saturated rings. The number of nitro benzene ring substituents is 1. The molecule has 2 aromatic carbocycles. The van der Waals surface area contributed by atoms with Crippen molar-refractivity contribution in [3.8, 4) is 11.5 Å². The Morgan fingerprint density at radius 3 is 2.65 bits per heavy atom. The molecule has 0 saturated heterocycles. The Labute approximate surface area is 124 Å². The summed E-state index contributed by atoms with van der Waals surface area (Å²) in [6.45, 7) is 2.31. The first-order valence-electron chi connectivity index (χ1n) is 5.92. The third-order valence-electron chi connectivity index (χ3n) is 2.83. The van der Waals surface area contributed by atoms with Gasteiger partial charge in [0.2, 0.25) is 0 Å². The van der Waals surface area contributed by atoms with E-state index in [4.69, 9.17) is 10.5 Å². The van der Waals surface area contributed by atoms with Gasteiger partial charge in [0.1, 0.15) is 11.5 Å². The average molecular weight is 337 g/mol. The van der Waals surface area contributed by atoms with Gasteiger partial charge in [-0.25, -0.2) is 0 Å². The molecule has 2 rings (SSSR count). The fraction of sp³-hybridized carbons (Fsp3) is 0.143. The quantitative estimate of drug-likeness (QED) is 0.677. The van der Waals surface area contributed by atoms with Crippen molar-refractivity contribution in [2.75, 3.05) is 0 Å². The molecule has 5 nitrogen and oxygen atoms in total. The first kappa shape index (κ1) is 14.5. The van der Waals surface area contributed by atoms with E-state index < -0.39 is 4.92 Å². The second-order valence-electron chi connectivity index (χ2n) is 4.28. The van der Waals surface area contributed by atoms with Gasteiger partial charge in [0, 0.05) is 12.6 Å². The molecule has 0 bridgehead atoms. The van der Waals surface area contributed by atoms with Crippen LogP contribution in [0.3, 0.4) is 0 Å². The van der Waals surface area contributed by atoms with Crippen LogP contribution in [0.25, 0.3) is 0 Å². The predicted molar refractivity (Wildman–Crippen MR) is 79.9 cm³/mol. The van der Waals surface area contributed by atoms with E-state index in [9.17, 15) is 10.1 Å². The summed E-state index contributed by atoms with van der Waals surface area (Å²) in [5.74, 6) is 1.03. The van der Waals surface area contributed by atoms with Crippen molar-refractivity contribution in [2.45, 2.75) is 13.5 Å². The molecule has 0 aromatic heterocycles. The number of halogens is 1. The SMILES string of the molecule is Cc1ccc(CN)cc1Oc1cc([N+](=O)[O-])ccc1Br. The summed E-state index contributed by atoms with van der Waals surface area (Å²) in [4.78, 5) is 10.3. The fourth-order valence-electron chi connectivity index (χ4n) is 1.68. The fourth-order valence-corrected chi connectivity index (χ4v) is 2.01. The van der Waals surface area contributed by atoms with Crippen molar-refractivity contribution >= 4 is 21.6 Å². The monoisotopic (exact) mass is 336 g/mol. The van der Waals surface area contributed by atoms with Crippen LogP contribution in [0.15, 0.2) is 40.9 Å². The summed E-state index contributed by atoms with van der Waals surface area (Å²) >= 11 is 3.32. The molecule has 0 aliphatic carbocycles. The van der Waals surface area contributed by atoms with Crippen molar-refractivity contribution in [1.82, 2.24) is 0 Å². The minimum absolute atomic E-state index is 0.0177. The zero-order valence-corrected chi connectivity index (χ0v) is 12.4. The van der Waals surface area contributed by atoms with Gasteiger partial charge >= 0.3 is 0 Å². The van der Waals surface area contributed by atoms with Gasteiger partial charge in [-0.15, -0.1) is 0 Å². The number of nitrogens with two attached hydrogens (primary N) is 1. The van der Waals surface area contributed by atoms with E-state index in [1.807, 2.05) is 25.1 Å². The second-order valence-corrected chi connectivity index (χ2v) is 5.13. The number of aryl methyl sites for hydroxylation is 1. The van der Waals surface area contributed by atoms with Crippen molar-refractivity contribution in [3.63, 3.8) is 0 Å². The van der Waals surface area contributed by atoms with Crippen LogP contribution < -0.4 is 10.5 Å². The summed E-state index contributed by atoms with van der Waals surface area (Å²) in [6.07, 6.45) is 0. The third-order valence-corrected chi connectivity index (χ3v) is 3.49. The molecule has 0 heterocycles. The Bertz CT molecular complexity index is 659. The van der Waals surface area contributed by atoms with Crippen LogP contribution in [0.1, 0.15) is 11.1 Å². The van der Waals surface area contributed by atoms with Gasteiger partial charge < -0.3 is 10.5 Å². The molecule has 0 aliphatic heterocycles. The van der Waals surface area contributed by atoms with Crippen molar-refractivity contribution in [3.05, 3.63) is 62.1 Å². The van der Waals surface area contributed by atoms with Gasteiger partial charge in [-0.3, -0.25) is 10.1 Å². The van der Waals surface area contributed by atoms with Gasteiger partial charge in [0.25, 0.3) is 5.69 Å². The topological polar surface area (TPSA) is 78.4 Å². The highest BCUT2D eigenvalue weighted by atomic mass is 79.9. The molecule has 0 unspecified atom stereocenters. The Kier molecular flexibility index (Phi) is 4.36. The Balaban J connectivity index is 2.38. The lowest BCUT2D eigenvalue weighted by Gasteiger charge is -2.11. The predicted octanol–water partition coefficient (Wildman–Crippen LogP) is 3.92. The van der Waals surface area contributed by atoms with Crippen LogP contribution >= 0.6 is 15.9 Å². The summed E-state index contributed by atoms with van der Waals surface area (Å²) < 4.78 is 6.42. The molecule has 2 aromatic rings. The number of hydrogen-bond donors (Lipinski definition) is 1. The molecule has 0 radical (unpaired) electrons. The molecule has 0 saturated carbocycles. The average Bonchev–Trinajstić information content (AvgIpc) is 2.43. The number of nitrogens with zero attached hydrogens (tertiary/aromatic N) is 1. The number of ether oxygens (including phenoxy) is 1. The van der Waals surface area contributed by atoms with Crippen molar-refractivity contribution in [2.24, 2.45) is 5.73 Å². The zero-order chi connectivity index (χ0) is 14.7. The maximum Gasteiger partial charge on any atom is 0.273 e. The summed E-state index contributed by atoms with van der Waals surface area (Å²) in [6, 6.07) is 10.1. The van der Waals surface area contributed by atoms with E-state index >= 15 is 0 Å². The Morgan fingerprint density at radius 1 is 1.25 bits per heavy atom. The number of nitro groups is 1. The molecular formula is C14H13BrN2O3. The van der Waals surface area contributed by atoms with E-state index in [0.717, 1.165) is 11.1 Å². The molecule has 0 amide bonds. The molecule has 6 heteroatoms. The Morgan fingerprint density at radius 2 is 2.00 bits per heavy atom. The smallest absolute Gasteiger partial charge is 0.273 e. The van der Waals surface area contributed by atoms with Crippen molar-refractivity contribution < 1.29 is 9.66 Å². The first-order valence-corrected chi connectivity index (χ1v) is 6.72. The zero-order valence-electron chi connectivity index (χ0n) is 10.8. The molecule has 104 valence electrons. The van der Waals surface area contributed by atoms with Gasteiger partial charge in [0.05, 0.1) is 15.5 Å². The van der Waals surface area contributed by atoms with Gasteiger partial charge in [0.15, 0.2) is 0 Å². The van der Waals surface area contributed by atoms with Crippen LogP contribution in [-0.4, -0.2) is 4.92 Å². The molecule has 2 N–H and O–H groups in total. The van der Waals surface area contributed by atoms with Gasteiger partial charge in [-0.2, -0.15) is 0 Å². The lowest BCUT2D eigenvalue weighted by atomic mass is 10.1.